The van der Waals surface area contributed by atoms with E-state index >= 15 is 0 Å². The molecule has 1 aromatic heterocycles. The van der Waals surface area contributed by atoms with E-state index in [2.05, 4.69) is 65.5 Å². The predicted octanol–water partition coefficient (Wildman–Crippen LogP) is 3.40. The first-order valence-electron chi connectivity index (χ1n) is 13.7. The first-order chi connectivity index (χ1) is 17.6. The van der Waals surface area contributed by atoms with E-state index in [4.69, 9.17) is 0 Å². The molecule has 1 unspecified atom stereocenters. The molecule has 3 N–H and O–H groups in total. The number of likely N-dealkylation sites (tertiary alicyclic amines) is 1. The SMILES string of the molecule is CCCCN1C(=O)[C@@H]([C@H](O)C(C)C)NC(=O)C12CCN(C(c1ccc(C)cc1)c1c(C)n[nH]c1C)CC2. The number of rotatable bonds is 8. The van der Waals surface area contributed by atoms with Crippen molar-refractivity contribution in [1.29, 1.82) is 0 Å². The summed E-state index contributed by atoms with van der Waals surface area (Å²) in [6.07, 6.45) is 1.96. The van der Waals surface area contributed by atoms with E-state index in [1.165, 1.54) is 16.7 Å². The van der Waals surface area contributed by atoms with Crippen LogP contribution in [0, 0.1) is 26.7 Å². The zero-order valence-corrected chi connectivity index (χ0v) is 23.2. The van der Waals surface area contributed by atoms with Crippen molar-refractivity contribution < 1.29 is 14.7 Å². The number of hydrogen-bond acceptors (Lipinski definition) is 5. The molecular formula is C29H43N5O3. The number of aliphatic hydroxyl groups excluding tert-OH is 1. The molecule has 0 bridgehead atoms. The number of carbonyl (C=O) groups is 2. The third kappa shape index (κ3) is 5.06. The van der Waals surface area contributed by atoms with Crippen LogP contribution in [0.25, 0.3) is 0 Å². The number of aliphatic hydroxyl groups is 1. The molecule has 0 saturated carbocycles. The van der Waals surface area contributed by atoms with E-state index in [0.29, 0.717) is 32.5 Å². The highest BCUT2D eigenvalue weighted by Gasteiger charge is 2.55. The van der Waals surface area contributed by atoms with Crippen LogP contribution < -0.4 is 5.32 Å². The second-order valence-corrected chi connectivity index (χ2v) is 11.3. The zero-order chi connectivity index (χ0) is 26.9. The number of nitrogens with zero attached hydrogens (tertiary/aromatic N) is 3. The van der Waals surface area contributed by atoms with Crippen molar-refractivity contribution in [2.75, 3.05) is 19.6 Å². The van der Waals surface area contributed by atoms with Crippen LogP contribution >= 0.6 is 0 Å². The normalized spacial score (nSPS) is 21.9. The molecule has 1 aromatic carbocycles. The number of aryl methyl sites for hydroxylation is 3. The molecule has 0 aliphatic carbocycles. The van der Waals surface area contributed by atoms with Gasteiger partial charge in [-0.2, -0.15) is 5.10 Å². The molecule has 2 amide bonds. The Labute approximate surface area is 220 Å². The summed E-state index contributed by atoms with van der Waals surface area (Å²) >= 11 is 0. The molecule has 1 spiro atoms. The van der Waals surface area contributed by atoms with Gasteiger partial charge >= 0.3 is 0 Å². The lowest BCUT2D eigenvalue weighted by Gasteiger charge is -2.53. The van der Waals surface area contributed by atoms with Crippen LogP contribution in [0.1, 0.15) is 80.6 Å². The molecule has 2 aromatic rings. The fraction of sp³-hybridized carbons (Fsp3) is 0.621. The van der Waals surface area contributed by atoms with Crippen LogP contribution in [-0.4, -0.2) is 74.2 Å². The average Bonchev–Trinajstić information content (AvgIpc) is 3.21. The predicted molar refractivity (Wildman–Crippen MR) is 144 cm³/mol. The number of unbranched alkanes of at least 4 members (excludes halogenated alkanes) is 1. The van der Waals surface area contributed by atoms with Gasteiger partial charge < -0.3 is 15.3 Å². The van der Waals surface area contributed by atoms with Gasteiger partial charge in [0, 0.05) is 30.9 Å². The summed E-state index contributed by atoms with van der Waals surface area (Å²) in [5.41, 5.74) is 4.72. The maximum absolute atomic E-state index is 13.7. The number of piperazine rings is 1. The van der Waals surface area contributed by atoms with Crippen molar-refractivity contribution in [2.24, 2.45) is 5.92 Å². The molecule has 202 valence electrons. The summed E-state index contributed by atoms with van der Waals surface area (Å²) in [6.45, 7) is 13.9. The van der Waals surface area contributed by atoms with Gasteiger partial charge in [-0.3, -0.25) is 19.6 Å². The monoisotopic (exact) mass is 509 g/mol. The Balaban J connectivity index is 1.64. The molecule has 3 atom stereocenters. The fourth-order valence-corrected chi connectivity index (χ4v) is 6.02. The summed E-state index contributed by atoms with van der Waals surface area (Å²) in [5, 5.41) is 21.3. The van der Waals surface area contributed by atoms with Gasteiger partial charge in [-0.25, -0.2) is 0 Å². The lowest BCUT2D eigenvalue weighted by atomic mass is 9.79. The Kier molecular flexibility index (Phi) is 8.09. The van der Waals surface area contributed by atoms with Gasteiger partial charge in [0.1, 0.15) is 11.6 Å². The Hall–Kier alpha value is -2.71. The fourth-order valence-electron chi connectivity index (χ4n) is 6.02. The summed E-state index contributed by atoms with van der Waals surface area (Å²) in [7, 11) is 0. The van der Waals surface area contributed by atoms with Crippen molar-refractivity contribution in [1.82, 2.24) is 25.3 Å². The van der Waals surface area contributed by atoms with Gasteiger partial charge in [0.05, 0.1) is 17.8 Å². The molecule has 4 rings (SSSR count). The molecule has 8 nitrogen and oxygen atoms in total. The van der Waals surface area contributed by atoms with Gasteiger partial charge in [-0.05, 0) is 51.5 Å². The minimum Gasteiger partial charge on any atom is -0.390 e. The highest BCUT2D eigenvalue weighted by Crippen LogP contribution is 2.40. The third-order valence-corrected chi connectivity index (χ3v) is 8.36. The Morgan fingerprint density at radius 2 is 1.76 bits per heavy atom. The van der Waals surface area contributed by atoms with Crippen molar-refractivity contribution in [2.45, 2.75) is 91.0 Å². The molecule has 2 aliphatic rings. The number of H-pyrrole nitrogens is 1. The lowest BCUT2D eigenvalue weighted by Crippen LogP contribution is -2.75. The lowest BCUT2D eigenvalue weighted by molar-refractivity contribution is -0.165. The van der Waals surface area contributed by atoms with E-state index in [1.54, 1.807) is 4.90 Å². The van der Waals surface area contributed by atoms with Gasteiger partial charge in [-0.1, -0.05) is 57.0 Å². The molecule has 2 aliphatic heterocycles. The van der Waals surface area contributed by atoms with Gasteiger partial charge in [0.25, 0.3) is 0 Å². The van der Waals surface area contributed by atoms with E-state index in [0.717, 1.165) is 24.2 Å². The first kappa shape index (κ1) is 27.3. The van der Waals surface area contributed by atoms with Crippen LogP contribution in [-0.2, 0) is 9.59 Å². The van der Waals surface area contributed by atoms with Crippen molar-refractivity contribution >= 4 is 11.8 Å². The maximum atomic E-state index is 13.7. The summed E-state index contributed by atoms with van der Waals surface area (Å²) in [6, 6.07) is 7.76. The molecule has 2 fully saturated rings. The summed E-state index contributed by atoms with van der Waals surface area (Å²) in [4.78, 5) is 31.6. The molecule has 0 radical (unpaired) electrons. The quantitative estimate of drug-likeness (QED) is 0.506. The van der Waals surface area contributed by atoms with Gasteiger partial charge in [-0.15, -0.1) is 0 Å². The molecular weight excluding hydrogens is 466 g/mol. The number of nitrogens with one attached hydrogen (secondary N) is 2. The van der Waals surface area contributed by atoms with Gasteiger partial charge in [0.2, 0.25) is 11.8 Å². The highest BCUT2D eigenvalue weighted by molar-refractivity contribution is 6.00. The van der Waals surface area contributed by atoms with Crippen molar-refractivity contribution in [3.8, 4) is 0 Å². The standard InChI is InChI=1S/C29H43N5O3/c1-7-8-15-34-27(36)24(26(35)18(2)3)30-28(37)29(34)13-16-33(17-14-29)25(22-11-9-19(4)10-12-22)23-20(5)31-32-21(23)6/h9-12,18,24-26,35H,7-8,13-17H2,1-6H3,(H,30,37)(H,31,32)/t24-,25?,26-/m1/s1. The molecule has 2 saturated heterocycles. The van der Waals surface area contributed by atoms with Gasteiger partial charge in [0.15, 0.2) is 0 Å². The zero-order valence-electron chi connectivity index (χ0n) is 23.2. The largest absolute Gasteiger partial charge is 0.390 e. The smallest absolute Gasteiger partial charge is 0.248 e. The summed E-state index contributed by atoms with van der Waals surface area (Å²) < 4.78 is 0. The average molecular weight is 510 g/mol. The second kappa shape index (κ2) is 11.0. The number of carbonyl (C=O) groups excluding carboxylic acids is 2. The summed E-state index contributed by atoms with van der Waals surface area (Å²) in [5.74, 6) is -0.413. The second-order valence-electron chi connectivity index (χ2n) is 11.3. The van der Waals surface area contributed by atoms with E-state index in [9.17, 15) is 14.7 Å². The third-order valence-electron chi connectivity index (χ3n) is 8.36. The molecule has 8 heteroatoms. The number of hydrogen-bond donors (Lipinski definition) is 3. The molecule has 37 heavy (non-hydrogen) atoms. The number of aromatic amines is 1. The Morgan fingerprint density at radius 1 is 1.11 bits per heavy atom. The van der Waals surface area contributed by atoms with E-state index < -0.39 is 17.7 Å². The minimum atomic E-state index is -0.907. The Morgan fingerprint density at radius 3 is 2.30 bits per heavy atom. The van der Waals surface area contributed by atoms with Crippen molar-refractivity contribution in [3.05, 3.63) is 52.3 Å². The van der Waals surface area contributed by atoms with Crippen LogP contribution in [0.2, 0.25) is 0 Å². The number of piperidine rings is 1. The van der Waals surface area contributed by atoms with Crippen LogP contribution in [0.5, 0.6) is 0 Å². The van der Waals surface area contributed by atoms with Crippen LogP contribution in [0.4, 0.5) is 0 Å². The molecule has 3 heterocycles. The first-order valence-corrected chi connectivity index (χ1v) is 13.7. The number of amides is 2. The van der Waals surface area contributed by atoms with Crippen LogP contribution in [0.3, 0.4) is 0 Å². The minimum absolute atomic E-state index is 0.0126. The maximum Gasteiger partial charge on any atom is 0.248 e. The number of aromatic nitrogens is 2. The topological polar surface area (TPSA) is 102 Å². The Bertz CT molecular complexity index is 1080. The van der Waals surface area contributed by atoms with E-state index in [-0.39, 0.29) is 23.8 Å². The number of benzene rings is 1. The van der Waals surface area contributed by atoms with Crippen molar-refractivity contribution in [3.63, 3.8) is 0 Å². The highest BCUT2D eigenvalue weighted by atomic mass is 16.3. The van der Waals surface area contributed by atoms with E-state index in [1.807, 2.05) is 20.8 Å². The van der Waals surface area contributed by atoms with Crippen LogP contribution in [0.15, 0.2) is 24.3 Å².